The van der Waals surface area contributed by atoms with Crippen molar-refractivity contribution in [2.45, 2.75) is 71.1 Å². The highest BCUT2D eigenvalue weighted by Crippen LogP contribution is 2.62. The van der Waals surface area contributed by atoms with Crippen LogP contribution in [0, 0.1) is 16.7 Å². The van der Waals surface area contributed by atoms with Crippen molar-refractivity contribution < 1.29 is 4.74 Å². The molecule has 4 rings (SSSR count). The maximum atomic E-state index is 6.13. The van der Waals surface area contributed by atoms with Crippen molar-refractivity contribution in [2.75, 3.05) is 26.2 Å². The molecule has 0 amide bonds. The molecule has 0 aromatic rings. The second kappa shape index (κ2) is 4.94. The summed E-state index contributed by atoms with van der Waals surface area (Å²) in [5.41, 5.74) is 0.983. The topological polar surface area (TPSA) is 24.5 Å². The van der Waals surface area contributed by atoms with Crippen molar-refractivity contribution in [1.82, 2.24) is 10.2 Å². The van der Waals surface area contributed by atoms with Crippen molar-refractivity contribution in [1.29, 1.82) is 0 Å². The normalized spacial score (nSPS) is 48.7. The van der Waals surface area contributed by atoms with E-state index in [9.17, 15) is 0 Å². The van der Waals surface area contributed by atoms with Crippen LogP contribution in [0.5, 0.6) is 0 Å². The summed E-state index contributed by atoms with van der Waals surface area (Å²) in [7, 11) is 0. The molecule has 0 aromatic heterocycles. The van der Waals surface area contributed by atoms with E-state index < -0.39 is 0 Å². The molecular weight excluding hydrogens is 260 g/mol. The van der Waals surface area contributed by atoms with E-state index in [0.29, 0.717) is 23.0 Å². The van der Waals surface area contributed by atoms with Gasteiger partial charge in [-0.1, -0.05) is 20.8 Å². The Morgan fingerprint density at radius 1 is 1.24 bits per heavy atom. The van der Waals surface area contributed by atoms with Gasteiger partial charge in [0.2, 0.25) is 0 Å². The Labute approximate surface area is 129 Å². The predicted molar refractivity (Wildman–Crippen MR) is 85.4 cm³/mol. The molecule has 0 spiro atoms. The maximum absolute atomic E-state index is 6.13. The summed E-state index contributed by atoms with van der Waals surface area (Å²) in [6.07, 6.45) is 7.39. The molecule has 4 aliphatic rings. The van der Waals surface area contributed by atoms with E-state index in [1.807, 2.05) is 0 Å². The molecule has 4 fully saturated rings. The second-order valence-corrected chi connectivity index (χ2v) is 9.00. The molecular formula is C18H32N2O. The molecule has 2 heterocycles. The van der Waals surface area contributed by atoms with Gasteiger partial charge in [0.1, 0.15) is 0 Å². The highest BCUT2D eigenvalue weighted by Gasteiger charge is 2.59. The van der Waals surface area contributed by atoms with Crippen molar-refractivity contribution in [3.8, 4) is 0 Å². The maximum Gasteiger partial charge on any atom is 0.0827 e. The number of rotatable bonds is 3. The first-order valence-corrected chi connectivity index (χ1v) is 9.08. The second-order valence-electron chi connectivity index (χ2n) is 9.00. The number of nitrogens with one attached hydrogen (secondary N) is 1. The molecule has 2 aliphatic heterocycles. The fraction of sp³-hybridized carbons (Fsp3) is 1.00. The SMILES string of the molecule is CC1(C)C(NCC2CN3CCCC3CO2)[C@]2(C)CC[C@H]1C2. The van der Waals surface area contributed by atoms with Crippen molar-refractivity contribution in [3.63, 3.8) is 0 Å². The molecule has 3 heteroatoms. The summed E-state index contributed by atoms with van der Waals surface area (Å²) >= 11 is 0. The Hall–Kier alpha value is -0.120. The molecule has 5 atom stereocenters. The Kier molecular flexibility index (Phi) is 3.40. The van der Waals surface area contributed by atoms with Crippen LogP contribution >= 0.6 is 0 Å². The standard InChI is InChI=1S/C18H32N2O/c1-17(2)13-6-7-18(3,9-13)16(17)19-10-15-11-20-8-4-5-14(20)12-21-15/h13-16,19H,4-12H2,1-3H3/t13-,14?,15?,16?,18+/m0/s1. The van der Waals surface area contributed by atoms with E-state index in [-0.39, 0.29) is 0 Å². The molecule has 0 aromatic carbocycles. The number of ether oxygens (including phenoxy) is 1. The third-order valence-corrected chi connectivity index (χ3v) is 7.28. The minimum absolute atomic E-state index is 0.401. The summed E-state index contributed by atoms with van der Waals surface area (Å²) in [6, 6.07) is 1.39. The lowest BCUT2D eigenvalue weighted by Crippen LogP contribution is -2.55. The van der Waals surface area contributed by atoms with Crippen LogP contribution in [0.25, 0.3) is 0 Å². The zero-order valence-corrected chi connectivity index (χ0v) is 14.0. The first-order chi connectivity index (χ1) is 9.99. The van der Waals surface area contributed by atoms with Crippen LogP contribution in [-0.4, -0.2) is 49.3 Å². The van der Waals surface area contributed by atoms with Gasteiger partial charge >= 0.3 is 0 Å². The summed E-state index contributed by atoms with van der Waals surface area (Å²) in [5.74, 6) is 0.926. The minimum Gasteiger partial charge on any atom is -0.374 e. The van der Waals surface area contributed by atoms with Gasteiger partial charge in [0.25, 0.3) is 0 Å². The van der Waals surface area contributed by atoms with E-state index in [0.717, 1.165) is 31.7 Å². The van der Waals surface area contributed by atoms with Gasteiger partial charge in [0.05, 0.1) is 12.7 Å². The fourth-order valence-electron chi connectivity index (χ4n) is 6.07. The van der Waals surface area contributed by atoms with E-state index in [1.165, 1.54) is 38.6 Å². The van der Waals surface area contributed by atoms with Crippen LogP contribution < -0.4 is 5.32 Å². The van der Waals surface area contributed by atoms with Gasteiger partial charge in [-0.2, -0.15) is 0 Å². The molecule has 2 aliphatic carbocycles. The van der Waals surface area contributed by atoms with E-state index in [1.54, 1.807) is 0 Å². The zero-order chi connectivity index (χ0) is 14.7. The number of hydrogen-bond donors (Lipinski definition) is 1. The molecule has 0 radical (unpaired) electrons. The largest absolute Gasteiger partial charge is 0.374 e. The molecule has 2 saturated carbocycles. The molecule has 21 heavy (non-hydrogen) atoms. The third-order valence-electron chi connectivity index (χ3n) is 7.28. The Morgan fingerprint density at radius 2 is 2.10 bits per heavy atom. The molecule has 120 valence electrons. The van der Waals surface area contributed by atoms with Crippen LogP contribution in [0.2, 0.25) is 0 Å². The van der Waals surface area contributed by atoms with Gasteiger partial charge in [-0.15, -0.1) is 0 Å². The van der Waals surface area contributed by atoms with Crippen LogP contribution in [0.1, 0.15) is 52.9 Å². The first kappa shape index (κ1) is 14.5. The lowest BCUT2D eigenvalue weighted by Gasteiger charge is -2.44. The lowest BCUT2D eigenvalue weighted by molar-refractivity contribution is -0.0516. The van der Waals surface area contributed by atoms with E-state index >= 15 is 0 Å². The third kappa shape index (κ3) is 2.27. The van der Waals surface area contributed by atoms with Crippen molar-refractivity contribution >= 4 is 0 Å². The highest BCUT2D eigenvalue weighted by molar-refractivity contribution is 5.12. The van der Waals surface area contributed by atoms with Gasteiger partial charge < -0.3 is 10.1 Å². The molecule has 3 unspecified atom stereocenters. The monoisotopic (exact) mass is 292 g/mol. The Morgan fingerprint density at radius 3 is 2.86 bits per heavy atom. The molecule has 1 N–H and O–H groups in total. The summed E-state index contributed by atoms with van der Waals surface area (Å²) in [4.78, 5) is 2.66. The van der Waals surface area contributed by atoms with Crippen LogP contribution in [-0.2, 0) is 4.74 Å². The quantitative estimate of drug-likeness (QED) is 0.865. The summed E-state index contributed by atoms with van der Waals surface area (Å²) < 4.78 is 6.13. The molecule has 2 saturated heterocycles. The number of fused-ring (bicyclic) bond motifs is 3. The van der Waals surface area contributed by atoms with Gasteiger partial charge in [-0.25, -0.2) is 0 Å². The molecule has 3 nitrogen and oxygen atoms in total. The van der Waals surface area contributed by atoms with Crippen molar-refractivity contribution in [3.05, 3.63) is 0 Å². The van der Waals surface area contributed by atoms with Gasteiger partial charge in [0, 0.05) is 25.2 Å². The average molecular weight is 292 g/mol. The fourth-order valence-corrected chi connectivity index (χ4v) is 6.07. The van der Waals surface area contributed by atoms with E-state index in [4.69, 9.17) is 4.74 Å². The van der Waals surface area contributed by atoms with Crippen LogP contribution in [0.3, 0.4) is 0 Å². The Balaban J connectivity index is 1.36. The first-order valence-electron chi connectivity index (χ1n) is 9.08. The van der Waals surface area contributed by atoms with Crippen LogP contribution in [0.4, 0.5) is 0 Å². The van der Waals surface area contributed by atoms with Crippen LogP contribution in [0.15, 0.2) is 0 Å². The summed E-state index contributed by atoms with van der Waals surface area (Å²) in [6.45, 7) is 11.9. The number of morpholine rings is 1. The number of hydrogen-bond acceptors (Lipinski definition) is 3. The minimum atomic E-state index is 0.401. The van der Waals surface area contributed by atoms with Gasteiger partial charge in [0.15, 0.2) is 0 Å². The molecule has 2 bridgehead atoms. The lowest BCUT2D eigenvalue weighted by atomic mass is 9.68. The predicted octanol–water partition coefficient (Wildman–Crippen LogP) is 2.65. The summed E-state index contributed by atoms with van der Waals surface area (Å²) in [5, 5.41) is 3.94. The zero-order valence-electron chi connectivity index (χ0n) is 14.0. The Bertz CT molecular complexity index is 405. The van der Waals surface area contributed by atoms with Gasteiger partial charge in [-0.05, 0) is 55.4 Å². The average Bonchev–Trinajstić information content (AvgIpc) is 3.08. The highest BCUT2D eigenvalue weighted by atomic mass is 16.5. The number of nitrogens with zero attached hydrogens (tertiary/aromatic N) is 1. The van der Waals surface area contributed by atoms with Gasteiger partial charge in [-0.3, -0.25) is 4.90 Å². The van der Waals surface area contributed by atoms with E-state index in [2.05, 4.69) is 31.0 Å². The smallest absolute Gasteiger partial charge is 0.0827 e. The van der Waals surface area contributed by atoms with Crippen molar-refractivity contribution in [2.24, 2.45) is 16.7 Å².